The smallest absolute Gasteiger partial charge is 0.243 e. The SMILES string of the molecule is Cc1ccc(S(=O)(=O)N2CCN(Cc3cnn(C)c3C)CC2)c(C)c1. The molecule has 0 unspecified atom stereocenters. The lowest BCUT2D eigenvalue weighted by Gasteiger charge is -2.34. The monoisotopic (exact) mass is 362 g/mol. The number of sulfonamides is 1. The van der Waals surface area contributed by atoms with Crippen LogP contribution in [0, 0.1) is 20.8 Å². The molecule has 0 spiro atoms. The van der Waals surface area contributed by atoms with Crippen molar-refractivity contribution in [3.05, 3.63) is 46.8 Å². The maximum Gasteiger partial charge on any atom is 0.243 e. The van der Waals surface area contributed by atoms with E-state index < -0.39 is 10.0 Å². The van der Waals surface area contributed by atoms with E-state index >= 15 is 0 Å². The summed E-state index contributed by atoms with van der Waals surface area (Å²) in [6.45, 7) is 9.23. The highest BCUT2D eigenvalue weighted by molar-refractivity contribution is 7.89. The number of piperazine rings is 1. The quantitative estimate of drug-likeness (QED) is 0.833. The maximum absolute atomic E-state index is 12.9. The maximum atomic E-state index is 12.9. The van der Waals surface area contributed by atoms with Crippen molar-refractivity contribution in [2.24, 2.45) is 7.05 Å². The van der Waals surface area contributed by atoms with Crippen LogP contribution >= 0.6 is 0 Å². The number of aromatic nitrogens is 2. The van der Waals surface area contributed by atoms with Crippen molar-refractivity contribution < 1.29 is 8.42 Å². The molecule has 0 N–H and O–H groups in total. The molecular weight excluding hydrogens is 336 g/mol. The first-order valence-corrected chi connectivity index (χ1v) is 10.0. The number of hydrogen-bond acceptors (Lipinski definition) is 4. The topological polar surface area (TPSA) is 58.4 Å². The van der Waals surface area contributed by atoms with Gasteiger partial charge in [-0.3, -0.25) is 9.58 Å². The molecule has 2 aromatic rings. The van der Waals surface area contributed by atoms with E-state index in [2.05, 4.69) is 16.9 Å². The molecule has 2 heterocycles. The summed E-state index contributed by atoms with van der Waals surface area (Å²) in [7, 11) is -1.48. The van der Waals surface area contributed by atoms with Gasteiger partial charge in [0, 0.05) is 51.0 Å². The lowest BCUT2D eigenvalue weighted by Crippen LogP contribution is -2.48. The first-order chi connectivity index (χ1) is 11.8. The lowest BCUT2D eigenvalue weighted by molar-refractivity contribution is 0.181. The third-order valence-corrected chi connectivity index (χ3v) is 7.07. The zero-order chi connectivity index (χ0) is 18.2. The zero-order valence-corrected chi connectivity index (χ0v) is 16.2. The van der Waals surface area contributed by atoms with Crippen LogP contribution < -0.4 is 0 Å². The number of benzene rings is 1. The summed E-state index contributed by atoms with van der Waals surface area (Å²) in [5.41, 5.74) is 4.25. The van der Waals surface area contributed by atoms with E-state index in [1.807, 2.05) is 43.9 Å². The first kappa shape index (κ1) is 18.1. The van der Waals surface area contributed by atoms with Crippen LogP contribution in [0.5, 0.6) is 0 Å². The number of rotatable bonds is 4. The number of hydrogen-bond donors (Lipinski definition) is 0. The number of nitrogens with zero attached hydrogens (tertiary/aromatic N) is 4. The van der Waals surface area contributed by atoms with Gasteiger partial charge in [-0.2, -0.15) is 9.40 Å². The molecule has 0 saturated carbocycles. The Morgan fingerprint density at radius 1 is 1.08 bits per heavy atom. The van der Waals surface area contributed by atoms with Crippen LogP contribution in [0.3, 0.4) is 0 Å². The van der Waals surface area contributed by atoms with E-state index in [0.717, 1.165) is 36.5 Å². The van der Waals surface area contributed by atoms with Crippen LogP contribution in [-0.2, 0) is 23.6 Å². The highest BCUT2D eigenvalue weighted by atomic mass is 32.2. The molecule has 1 aliphatic rings. The van der Waals surface area contributed by atoms with Gasteiger partial charge in [-0.15, -0.1) is 0 Å². The molecule has 1 saturated heterocycles. The molecule has 0 bridgehead atoms. The van der Waals surface area contributed by atoms with Crippen molar-refractivity contribution in [3.63, 3.8) is 0 Å². The largest absolute Gasteiger partial charge is 0.296 e. The Morgan fingerprint density at radius 3 is 2.32 bits per heavy atom. The molecule has 0 aliphatic carbocycles. The average Bonchev–Trinajstić information content (AvgIpc) is 2.87. The second-order valence-corrected chi connectivity index (χ2v) is 8.73. The zero-order valence-electron chi connectivity index (χ0n) is 15.4. The summed E-state index contributed by atoms with van der Waals surface area (Å²) in [6, 6.07) is 5.51. The molecule has 25 heavy (non-hydrogen) atoms. The minimum absolute atomic E-state index is 0.426. The second kappa shape index (κ2) is 6.90. The fourth-order valence-electron chi connectivity index (χ4n) is 3.30. The Labute approximate surface area is 150 Å². The molecular formula is C18H26N4O2S. The highest BCUT2D eigenvalue weighted by Gasteiger charge is 2.29. The molecule has 1 aliphatic heterocycles. The third kappa shape index (κ3) is 3.63. The minimum atomic E-state index is -3.42. The van der Waals surface area contributed by atoms with Gasteiger partial charge in [-0.25, -0.2) is 8.42 Å². The van der Waals surface area contributed by atoms with Gasteiger partial charge in [0.1, 0.15) is 0 Å². The van der Waals surface area contributed by atoms with E-state index in [9.17, 15) is 8.42 Å². The molecule has 0 radical (unpaired) electrons. The van der Waals surface area contributed by atoms with Crippen LogP contribution in [-0.4, -0.2) is 53.6 Å². The van der Waals surface area contributed by atoms with E-state index in [1.54, 1.807) is 10.4 Å². The van der Waals surface area contributed by atoms with Gasteiger partial charge in [0.15, 0.2) is 0 Å². The van der Waals surface area contributed by atoms with Gasteiger partial charge in [-0.05, 0) is 32.4 Å². The fourth-order valence-corrected chi connectivity index (χ4v) is 4.92. The molecule has 1 aromatic heterocycles. The van der Waals surface area contributed by atoms with Crippen LogP contribution in [0.1, 0.15) is 22.4 Å². The predicted molar refractivity (Wildman–Crippen MR) is 97.9 cm³/mol. The Hall–Kier alpha value is -1.70. The van der Waals surface area contributed by atoms with Crippen molar-refractivity contribution in [3.8, 4) is 0 Å². The van der Waals surface area contributed by atoms with Crippen molar-refractivity contribution in [1.29, 1.82) is 0 Å². The standard InChI is InChI=1S/C18H26N4O2S/c1-14-5-6-18(15(2)11-14)25(23,24)22-9-7-21(8-10-22)13-17-12-19-20(4)16(17)3/h5-6,11-12H,7-10,13H2,1-4H3. The van der Waals surface area contributed by atoms with Gasteiger partial charge in [-0.1, -0.05) is 17.7 Å². The minimum Gasteiger partial charge on any atom is -0.296 e. The van der Waals surface area contributed by atoms with Crippen molar-refractivity contribution in [2.75, 3.05) is 26.2 Å². The summed E-state index contributed by atoms with van der Waals surface area (Å²) in [5.74, 6) is 0. The van der Waals surface area contributed by atoms with Gasteiger partial charge in [0.2, 0.25) is 10.0 Å². The van der Waals surface area contributed by atoms with Crippen molar-refractivity contribution in [1.82, 2.24) is 19.0 Å². The van der Waals surface area contributed by atoms with E-state index in [0.29, 0.717) is 18.0 Å². The van der Waals surface area contributed by atoms with Gasteiger partial charge in [0.05, 0.1) is 11.1 Å². The fraction of sp³-hybridized carbons (Fsp3) is 0.500. The van der Waals surface area contributed by atoms with Crippen LogP contribution in [0.2, 0.25) is 0 Å². The van der Waals surface area contributed by atoms with Gasteiger partial charge < -0.3 is 0 Å². The molecule has 0 atom stereocenters. The second-order valence-electron chi connectivity index (χ2n) is 6.83. The van der Waals surface area contributed by atoms with Crippen molar-refractivity contribution >= 4 is 10.0 Å². The third-order valence-electron chi connectivity index (χ3n) is 5.01. The predicted octanol–water partition coefficient (Wildman–Crippen LogP) is 1.85. The molecule has 7 heteroatoms. The lowest BCUT2D eigenvalue weighted by atomic mass is 10.2. The average molecular weight is 362 g/mol. The van der Waals surface area contributed by atoms with Gasteiger partial charge in [0.25, 0.3) is 0 Å². The van der Waals surface area contributed by atoms with E-state index in [-0.39, 0.29) is 0 Å². The highest BCUT2D eigenvalue weighted by Crippen LogP contribution is 2.22. The van der Waals surface area contributed by atoms with E-state index in [4.69, 9.17) is 0 Å². The van der Waals surface area contributed by atoms with E-state index in [1.165, 1.54) is 5.56 Å². The summed E-state index contributed by atoms with van der Waals surface area (Å²) >= 11 is 0. The Balaban J connectivity index is 1.68. The summed E-state index contributed by atoms with van der Waals surface area (Å²) < 4.78 is 29.4. The van der Waals surface area contributed by atoms with Crippen LogP contribution in [0.15, 0.2) is 29.3 Å². The molecule has 0 amide bonds. The molecule has 1 aromatic carbocycles. The molecule has 6 nitrogen and oxygen atoms in total. The molecule has 136 valence electrons. The Bertz CT molecular complexity index is 865. The first-order valence-electron chi connectivity index (χ1n) is 8.56. The summed E-state index contributed by atoms with van der Waals surface area (Å²) in [5, 5.41) is 4.28. The van der Waals surface area contributed by atoms with Crippen molar-refractivity contribution in [2.45, 2.75) is 32.2 Å². The Morgan fingerprint density at radius 2 is 1.76 bits per heavy atom. The van der Waals surface area contributed by atoms with Crippen LogP contribution in [0.4, 0.5) is 0 Å². The normalized spacial score (nSPS) is 17.1. The number of aryl methyl sites for hydroxylation is 3. The molecule has 3 rings (SSSR count). The Kier molecular flexibility index (Phi) is 4.99. The van der Waals surface area contributed by atoms with Gasteiger partial charge >= 0.3 is 0 Å². The molecule has 1 fully saturated rings. The summed E-state index contributed by atoms with van der Waals surface area (Å²) in [6.07, 6.45) is 1.90. The van der Waals surface area contributed by atoms with Crippen LogP contribution in [0.25, 0.3) is 0 Å². The summed E-state index contributed by atoms with van der Waals surface area (Å²) in [4.78, 5) is 2.72.